The maximum atomic E-state index is 12.2. The predicted octanol–water partition coefficient (Wildman–Crippen LogP) is 2.67. The molecule has 9 heteroatoms. The number of benzene rings is 2. The van der Waals surface area contributed by atoms with Crippen LogP contribution in [0.5, 0.6) is 5.75 Å². The van der Waals surface area contributed by atoms with E-state index in [0.29, 0.717) is 22.9 Å². The lowest BCUT2D eigenvalue weighted by atomic mass is 10.1. The summed E-state index contributed by atoms with van der Waals surface area (Å²) in [6.45, 7) is 2.24. The maximum absolute atomic E-state index is 12.2. The third-order valence-electron chi connectivity index (χ3n) is 3.98. The first-order chi connectivity index (χ1) is 13.9. The van der Waals surface area contributed by atoms with Crippen molar-refractivity contribution < 1.29 is 14.3 Å². The van der Waals surface area contributed by atoms with Gasteiger partial charge in [0.25, 0.3) is 11.8 Å². The van der Waals surface area contributed by atoms with Gasteiger partial charge in [0.1, 0.15) is 12.4 Å². The van der Waals surface area contributed by atoms with Gasteiger partial charge in [-0.1, -0.05) is 23.7 Å². The Labute approximate surface area is 172 Å². The van der Waals surface area contributed by atoms with E-state index in [1.165, 1.54) is 12.4 Å². The minimum atomic E-state index is -0.660. The Balaban J connectivity index is 1.53. The van der Waals surface area contributed by atoms with Crippen molar-refractivity contribution in [2.45, 2.75) is 13.5 Å². The predicted molar refractivity (Wildman–Crippen MR) is 108 cm³/mol. The summed E-state index contributed by atoms with van der Waals surface area (Å²) in [6, 6.07) is 12.2. The lowest BCUT2D eigenvalue weighted by molar-refractivity contribution is 0.0844. The highest BCUT2D eigenvalue weighted by Gasteiger charge is 2.13. The Bertz CT molecular complexity index is 1040. The number of nitrogen functional groups attached to an aromatic ring is 1. The van der Waals surface area contributed by atoms with Gasteiger partial charge in [-0.05, 0) is 48.4 Å². The minimum Gasteiger partial charge on any atom is -0.489 e. The molecule has 2 amide bonds. The number of nitrogens with zero attached hydrogens (tertiary/aromatic N) is 2. The molecule has 3 rings (SSSR count). The normalized spacial score (nSPS) is 10.3. The molecule has 0 saturated heterocycles. The van der Waals surface area contributed by atoms with Crippen LogP contribution in [-0.2, 0) is 6.61 Å². The van der Waals surface area contributed by atoms with Crippen LogP contribution in [0.4, 0.5) is 5.82 Å². The fraction of sp³-hybridized carbons (Fsp3) is 0.100. The number of rotatable bonds is 5. The molecule has 4 N–H and O–H groups in total. The van der Waals surface area contributed by atoms with Crippen molar-refractivity contribution in [3.63, 3.8) is 0 Å². The Morgan fingerprint density at radius 3 is 2.41 bits per heavy atom. The lowest BCUT2D eigenvalue weighted by Gasteiger charge is -2.10. The Hall–Kier alpha value is -3.65. The average molecular weight is 412 g/mol. The van der Waals surface area contributed by atoms with E-state index in [2.05, 4.69) is 20.8 Å². The number of aromatic nitrogens is 2. The van der Waals surface area contributed by atoms with E-state index in [0.717, 1.165) is 11.1 Å². The summed E-state index contributed by atoms with van der Waals surface area (Å²) in [5, 5.41) is 0.682. The van der Waals surface area contributed by atoms with E-state index >= 15 is 0 Å². The summed E-state index contributed by atoms with van der Waals surface area (Å²) in [6.07, 6.45) is 2.70. The van der Waals surface area contributed by atoms with Gasteiger partial charge >= 0.3 is 0 Å². The molecule has 148 valence electrons. The van der Waals surface area contributed by atoms with Crippen LogP contribution in [0.25, 0.3) is 0 Å². The van der Waals surface area contributed by atoms with Gasteiger partial charge in [-0.3, -0.25) is 20.4 Å². The lowest BCUT2D eigenvalue weighted by Crippen LogP contribution is -2.42. The number of carbonyl (C=O) groups is 2. The van der Waals surface area contributed by atoms with Crippen LogP contribution in [0.3, 0.4) is 0 Å². The van der Waals surface area contributed by atoms with Gasteiger partial charge in [-0.25, -0.2) is 9.97 Å². The van der Waals surface area contributed by atoms with E-state index in [9.17, 15) is 9.59 Å². The highest BCUT2D eigenvalue weighted by Crippen LogP contribution is 2.21. The largest absolute Gasteiger partial charge is 0.489 e. The average Bonchev–Trinajstić information content (AvgIpc) is 2.73. The van der Waals surface area contributed by atoms with E-state index < -0.39 is 11.8 Å². The SMILES string of the molecule is Cc1cc(OCc2ccc(C(=O)NNC(=O)c3nccnc3N)cc2)ccc1Cl. The van der Waals surface area contributed by atoms with Gasteiger partial charge in [0, 0.05) is 23.0 Å². The monoisotopic (exact) mass is 411 g/mol. The first-order valence-corrected chi connectivity index (χ1v) is 8.97. The number of halogens is 1. The fourth-order valence-electron chi connectivity index (χ4n) is 2.39. The van der Waals surface area contributed by atoms with Crippen molar-refractivity contribution in [3.05, 3.63) is 82.3 Å². The number of hydrogen-bond donors (Lipinski definition) is 3. The van der Waals surface area contributed by atoms with E-state index in [1.54, 1.807) is 36.4 Å². The summed E-state index contributed by atoms with van der Waals surface area (Å²) in [4.78, 5) is 31.8. The number of nitrogens with one attached hydrogen (secondary N) is 2. The first kappa shape index (κ1) is 20.1. The van der Waals surface area contributed by atoms with Crippen molar-refractivity contribution in [2.75, 3.05) is 5.73 Å². The molecule has 0 aliphatic heterocycles. The highest BCUT2D eigenvalue weighted by atomic mass is 35.5. The Kier molecular flexibility index (Phi) is 6.25. The van der Waals surface area contributed by atoms with Crippen LogP contribution in [0.15, 0.2) is 54.9 Å². The molecule has 1 heterocycles. The molecule has 0 saturated carbocycles. The number of anilines is 1. The second kappa shape index (κ2) is 9.03. The zero-order valence-electron chi connectivity index (χ0n) is 15.5. The molecule has 2 aromatic carbocycles. The smallest absolute Gasteiger partial charge is 0.292 e. The molecule has 0 unspecified atom stereocenters. The molecule has 29 heavy (non-hydrogen) atoms. The molecule has 0 radical (unpaired) electrons. The molecule has 0 bridgehead atoms. The van der Waals surface area contributed by atoms with Crippen molar-refractivity contribution in [1.29, 1.82) is 0 Å². The standard InChI is InChI=1S/C20H18ClN5O3/c1-12-10-15(6-7-16(12)21)29-11-13-2-4-14(5-3-13)19(27)25-26-20(28)17-18(22)24-9-8-23-17/h2-10H,11H2,1H3,(H2,22,24)(H,25,27)(H,26,28). The van der Waals surface area contributed by atoms with Gasteiger partial charge in [0.15, 0.2) is 11.5 Å². The van der Waals surface area contributed by atoms with Gasteiger partial charge in [-0.2, -0.15) is 0 Å². The number of hydrazine groups is 1. The number of aryl methyl sites for hydroxylation is 1. The van der Waals surface area contributed by atoms with Crippen molar-refractivity contribution in [3.8, 4) is 5.75 Å². The van der Waals surface area contributed by atoms with Crippen LogP contribution < -0.4 is 21.3 Å². The van der Waals surface area contributed by atoms with Crippen molar-refractivity contribution in [2.24, 2.45) is 0 Å². The van der Waals surface area contributed by atoms with Crippen LogP contribution >= 0.6 is 11.6 Å². The van der Waals surface area contributed by atoms with E-state index in [4.69, 9.17) is 22.1 Å². The molecule has 0 aliphatic carbocycles. The van der Waals surface area contributed by atoms with Crippen LogP contribution in [-0.4, -0.2) is 21.8 Å². The number of carbonyl (C=O) groups excluding carboxylic acids is 2. The summed E-state index contributed by atoms with van der Waals surface area (Å²) >= 11 is 6.00. The number of amides is 2. The molecule has 0 aliphatic rings. The second-order valence-corrected chi connectivity index (χ2v) is 6.50. The minimum absolute atomic E-state index is 0.0283. The van der Waals surface area contributed by atoms with Gasteiger partial charge < -0.3 is 10.5 Å². The first-order valence-electron chi connectivity index (χ1n) is 8.59. The third kappa shape index (κ3) is 5.20. The van der Waals surface area contributed by atoms with E-state index in [-0.39, 0.29) is 11.5 Å². The molecule has 8 nitrogen and oxygen atoms in total. The van der Waals surface area contributed by atoms with E-state index in [1.807, 2.05) is 13.0 Å². The summed E-state index contributed by atoms with van der Waals surface area (Å²) < 4.78 is 5.73. The molecular formula is C20H18ClN5O3. The fourth-order valence-corrected chi connectivity index (χ4v) is 2.51. The van der Waals surface area contributed by atoms with Crippen LogP contribution in [0.1, 0.15) is 32.0 Å². The third-order valence-corrected chi connectivity index (χ3v) is 4.41. The summed E-state index contributed by atoms with van der Waals surface area (Å²) in [5.41, 5.74) is 12.2. The highest BCUT2D eigenvalue weighted by molar-refractivity contribution is 6.31. The summed E-state index contributed by atoms with van der Waals surface area (Å²) in [5.74, 6) is -0.465. The number of hydrogen-bond acceptors (Lipinski definition) is 6. The molecule has 0 fully saturated rings. The number of ether oxygens (including phenoxy) is 1. The quantitative estimate of drug-likeness (QED) is 0.555. The molecule has 0 atom stereocenters. The van der Waals surface area contributed by atoms with Gasteiger partial charge in [0.05, 0.1) is 0 Å². The number of nitrogens with two attached hydrogens (primary N) is 1. The topological polar surface area (TPSA) is 119 Å². The molecule has 3 aromatic rings. The zero-order chi connectivity index (χ0) is 20.8. The molecule has 1 aromatic heterocycles. The summed E-state index contributed by atoms with van der Waals surface area (Å²) in [7, 11) is 0. The maximum Gasteiger partial charge on any atom is 0.292 e. The van der Waals surface area contributed by atoms with Gasteiger partial charge in [-0.15, -0.1) is 0 Å². The Morgan fingerprint density at radius 1 is 1.03 bits per heavy atom. The van der Waals surface area contributed by atoms with Gasteiger partial charge in [0.2, 0.25) is 0 Å². The van der Waals surface area contributed by atoms with Crippen molar-refractivity contribution in [1.82, 2.24) is 20.8 Å². The van der Waals surface area contributed by atoms with Crippen LogP contribution in [0.2, 0.25) is 5.02 Å². The zero-order valence-corrected chi connectivity index (χ0v) is 16.2. The van der Waals surface area contributed by atoms with Crippen LogP contribution in [0, 0.1) is 6.92 Å². The van der Waals surface area contributed by atoms with Crippen molar-refractivity contribution >= 4 is 29.2 Å². The molecular weight excluding hydrogens is 394 g/mol. The Morgan fingerprint density at radius 2 is 1.72 bits per heavy atom. The second-order valence-electron chi connectivity index (χ2n) is 6.10. The molecule has 0 spiro atoms.